The molecule has 1 aliphatic rings. The largest absolute Gasteiger partial charge is 0.481 e. The van der Waals surface area contributed by atoms with Crippen LogP contribution in [0, 0.1) is 5.92 Å². The van der Waals surface area contributed by atoms with Crippen molar-refractivity contribution < 1.29 is 14.6 Å². The van der Waals surface area contributed by atoms with Gasteiger partial charge in [-0.15, -0.1) is 0 Å². The van der Waals surface area contributed by atoms with Crippen LogP contribution in [0.3, 0.4) is 0 Å². The number of nitrogens with one attached hydrogen (secondary N) is 1. The molecule has 1 heterocycles. The van der Waals surface area contributed by atoms with Crippen LogP contribution in [0.15, 0.2) is 24.3 Å². The Labute approximate surface area is 120 Å². The lowest BCUT2D eigenvalue weighted by Crippen LogP contribution is -2.24. The van der Waals surface area contributed by atoms with Crippen molar-refractivity contribution >= 4 is 5.97 Å². The number of carboxylic acid groups (broad SMARTS) is 1. The second-order valence-corrected chi connectivity index (χ2v) is 6.17. The molecule has 1 fully saturated rings. The van der Waals surface area contributed by atoms with Crippen molar-refractivity contribution in [3.63, 3.8) is 0 Å². The number of hydrogen-bond acceptors (Lipinski definition) is 3. The summed E-state index contributed by atoms with van der Waals surface area (Å²) < 4.78 is 5.28. The molecule has 1 aliphatic heterocycles. The molecule has 0 aromatic heterocycles. The van der Waals surface area contributed by atoms with Gasteiger partial charge in [-0.25, -0.2) is 0 Å². The minimum absolute atomic E-state index is 0.0461. The fourth-order valence-electron chi connectivity index (χ4n) is 2.80. The number of ether oxygens (including phenoxy) is 1. The highest BCUT2D eigenvalue weighted by atomic mass is 16.5. The molecule has 1 aromatic rings. The van der Waals surface area contributed by atoms with Gasteiger partial charge in [-0.1, -0.05) is 38.1 Å². The first kappa shape index (κ1) is 15.0. The van der Waals surface area contributed by atoms with E-state index in [2.05, 4.69) is 37.4 Å². The molecule has 0 amide bonds. The van der Waals surface area contributed by atoms with Gasteiger partial charge in [0.15, 0.2) is 0 Å². The van der Waals surface area contributed by atoms with E-state index in [1.54, 1.807) is 7.11 Å². The molecule has 2 atom stereocenters. The standard InChI is InChI=1S/C16H23NO3/c1-16(2,10-20-3)13-6-4-5-11(7-13)14-8-12(9-17-14)15(18)19/h4-7,12,14,17H,8-10H2,1-3H3,(H,18,19). The van der Waals surface area contributed by atoms with Crippen LogP contribution in [0.2, 0.25) is 0 Å². The second-order valence-electron chi connectivity index (χ2n) is 6.17. The van der Waals surface area contributed by atoms with Gasteiger partial charge in [0.05, 0.1) is 12.5 Å². The third-order valence-corrected chi connectivity index (χ3v) is 4.06. The molecule has 2 N–H and O–H groups in total. The summed E-state index contributed by atoms with van der Waals surface area (Å²) in [6.45, 7) is 5.51. The monoisotopic (exact) mass is 277 g/mol. The summed E-state index contributed by atoms with van der Waals surface area (Å²) in [4.78, 5) is 11.0. The summed E-state index contributed by atoms with van der Waals surface area (Å²) in [5, 5.41) is 12.4. The van der Waals surface area contributed by atoms with Crippen LogP contribution in [0.5, 0.6) is 0 Å². The van der Waals surface area contributed by atoms with Crippen LogP contribution in [0.25, 0.3) is 0 Å². The molecule has 1 saturated heterocycles. The van der Waals surface area contributed by atoms with Crippen LogP contribution >= 0.6 is 0 Å². The maximum absolute atomic E-state index is 11.0. The number of carboxylic acids is 1. The van der Waals surface area contributed by atoms with Gasteiger partial charge in [-0.2, -0.15) is 0 Å². The molecule has 0 radical (unpaired) electrons. The lowest BCUT2D eigenvalue weighted by Gasteiger charge is -2.25. The Morgan fingerprint density at radius 3 is 2.85 bits per heavy atom. The minimum Gasteiger partial charge on any atom is -0.481 e. The Kier molecular flexibility index (Phi) is 4.45. The Bertz CT molecular complexity index is 484. The highest BCUT2D eigenvalue weighted by Crippen LogP contribution is 2.31. The van der Waals surface area contributed by atoms with Gasteiger partial charge in [0.25, 0.3) is 0 Å². The number of aliphatic carboxylic acids is 1. The molecule has 0 spiro atoms. The van der Waals surface area contributed by atoms with Crippen LogP contribution in [-0.4, -0.2) is 31.3 Å². The maximum atomic E-state index is 11.0. The van der Waals surface area contributed by atoms with E-state index in [4.69, 9.17) is 9.84 Å². The molecule has 4 heteroatoms. The molecule has 110 valence electrons. The first-order valence-corrected chi connectivity index (χ1v) is 6.99. The number of benzene rings is 1. The van der Waals surface area contributed by atoms with Gasteiger partial charge >= 0.3 is 5.97 Å². The fraction of sp³-hybridized carbons (Fsp3) is 0.562. The smallest absolute Gasteiger partial charge is 0.307 e. The lowest BCUT2D eigenvalue weighted by molar-refractivity contribution is -0.141. The maximum Gasteiger partial charge on any atom is 0.307 e. The molecule has 4 nitrogen and oxygen atoms in total. The van der Waals surface area contributed by atoms with Gasteiger partial charge in [-0.3, -0.25) is 4.79 Å². The molecule has 0 saturated carbocycles. The van der Waals surface area contributed by atoms with Crippen molar-refractivity contribution in [3.8, 4) is 0 Å². The first-order valence-electron chi connectivity index (χ1n) is 6.99. The second kappa shape index (κ2) is 5.94. The minimum atomic E-state index is -0.712. The van der Waals surface area contributed by atoms with Crippen LogP contribution in [0.4, 0.5) is 0 Å². The van der Waals surface area contributed by atoms with E-state index in [0.29, 0.717) is 19.6 Å². The fourth-order valence-corrected chi connectivity index (χ4v) is 2.80. The Hall–Kier alpha value is -1.39. The Balaban J connectivity index is 2.17. The summed E-state index contributed by atoms with van der Waals surface area (Å²) >= 11 is 0. The van der Waals surface area contributed by atoms with Gasteiger partial charge in [0, 0.05) is 25.1 Å². The van der Waals surface area contributed by atoms with E-state index in [-0.39, 0.29) is 17.4 Å². The number of methoxy groups -OCH3 is 1. The quantitative estimate of drug-likeness (QED) is 0.867. The highest BCUT2D eigenvalue weighted by molar-refractivity contribution is 5.70. The average molecular weight is 277 g/mol. The van der Waals surface area contributed by atoms with E-state index in [9.17, 15) is 4.79 Å². The van der Waals surface area contributed by atoms with E-state index >= 15 is 0 Å². The van der Waals surface area contributed by atoms with E-state index in [1.165, 1.54) is 5.56 Å². The van der Waals surface area contributed by atoms with Crippen molar-refractivity contribution in [1.82, 2.24) is 5.32 Å². The Morgan fingerprint density at radius 1 is 1.50 bits per heavy atom. The Morgan fingerprint density at radius 2 is 2.25 bits per heavy atom. The molecule has 0 aliphatic carbocycles. The summed E-state index contributed by atoms with van der Waals surface area (Å²) in [6, 6.07) is 8.51. The van der Waals surface area contributed by atoms with E-state index in [1.807, 2.05) is 6.07 Å². The summed E-state index contributed by atoms with van der Waals surface area (Å²) in [6.07, 6.45) is 0.656. The zero-order valence-corrected chi connectivity index (χ0v) is 12.3. The molecule has 1 aromatic carbocycles. The normalized spacial score (nSPS) is 22.9. The molecular weight excluding hydrogens is 254 g/mol. The molecule has 0 bridgehead atoms. The predicted octanol–water partition coefficient (Wildman–Crippen LogP) is 2.35. The van der Waals surface area contributed by atoms with Crippen molar-refractivity contribution in [2.45, 2.75) is 31.7 Å². The van der Waals surface area contributed by atoms with Crippen molar-refractivity contribution in [2.75, 3.05) is 20.3 Å². The van der Waals surface area contributed by atoms with Crippen molar-refractivity contribution in [3.05, 3.63) is 35.4 Å². The summed E-state index contributed by atoms with van der Waals surface area (Å²) in [5.74, 6) is -0.994. The number of carbonyl (C=O) groups is 1. The zero-order valence-electron chi connectivity index (χ0n) is 12.3. The lowest BCUT2D eigenvalue weighted by atomic mass is 9.84. The van der Waals surface area contributed by atoms with Crippen LogP contribution < -0.4 is 5.32 Å². The van der Waals surface area contributed by atoms with E-state index < -0.39 is 5.97 Å². The van der Waals surface area contributed by atoms with Crippen LogP contribution in [0.1, 0.15) is 37.4 Å². The molecule has 2 rings (SSSR count). The van der Waals surface area contributed by atoms with Crippen molar-refractivity contribution in [1.29, 1.82) is 0 Å². The van der Waals surface area contributed by atoms with Crippen LogP contribution in [-0.2, 0) is 14.9 Å². The zero-order chi connectivity index (χ0) is 14.8. The van der Waals surface area contributed by atoms with Crippen molar-refractivity contribution in [2.24, 2.45) is 5.92 Å². The van der Waals surface area contributed by atoms with Gasteiger partial charge in [-0.05, 0) is 17.5 Å². The summed E-state index contributed by atoms with van der Waals surface area (Å²) in [5.41, 5.74) is 2.34. The molecule has 20 heavy (non-hydrogen) atoms. The predicted molar refractivity (Wildman–Crippen MR) is 77.8 cm³/mol. The third kappa shape index (κ3) is 3.19. The molecule has 2 unspecified atom stereocenters. The van der Waals surface area contributed by atoms with Gasteiger partial charge < -0.3 is 15.2 Å². The number of rotatable bonds is 5. The highest BCUT2D eigenvalue weighted by Gasteiger charge is 2.30. The topological polar surface area (TPSA) is 58.6 Å². The average Bonchev–Trinajstić information content (AvgIpc) is 2.88. The summed E-state index contributed by atoms with van der Waals surface area (Å²) in [7, 11) is 1.71. The van der Waals surface area contributed by atoms with Gasteiger partial charge in [0.1, 0.15) is 0 Å². The molecular formula is C16H23NO3. The van der Waals surface area contributed by atoms with Gasteiger partial charge in [0.2, 0.25) is 0 Å². The first-order chi connectivity index (χ1) is 9.44. The van der Waals surface area contributed by atoms with E-state index in [0.717, 1.165) is 5.56 Å². The third-order valence-electron chi connectivity index (χ3n) is 4.06. The SMILES string of the molecule is COCC(C)(C)c1cccc(C2CC(C(=O)O)CN2)c1. The number of hydrogen-bond donors (Lipinski definition) is 2.